The van der Waals surface area contributed by atoms with E-state index in [-0.39, 0.29) is 5.92 Å². The number of carbonyl (C=O) groups is 1. The third-order valence-corrected chi connectivity index (χ3v) is 9.29. The van der Waals surface area contributed by atoms with Gasteiger partial charge in [-0.3, -0.25) is 9.78 Å². The fraction of sp³-hybridized carbons (Fsp3) is 0.581. The van der Waals surface area contributed by atoms with Crippen LogP contribution in [-0.2, 0) is 4.79 Å². The number of piperazine rings is 1. The molecule has 0 aromatic carbocycles. The second-order valence-corrected chi connectivity index (χ2v) is 12.1. The molecule has 6 rings (SSSR count). The lowest BCUT2D eigenvalue weighted by molar-refractivity contribution is -0.137. The maximum absolute atomic E-state index is 13.1. The van der Waals surface area contributed by atoms with Gasteiger partial charge in [0.25, 0.3) is 0 Å². The Morgan fingerprint density at radius 1 is 0.974 bits per heavy atom. The fourth-order valence-electron chi connectivity index (χ4n) is 6.69. The Morgan fingerprint density at radius 3 is 2.45 bits per heavy atom. The van der Waals surface area contributed by atoms with E-state index in [1.54, 1.807) is 0 Å². The number of rotatable bonds is 5. The van der Waals surface area contributed by atoms with E-state index in [1.165, 1.54) is 37.1 Å². The Hall–Kier alpha value is -2.93. The molecule has 0 spiro atoms. The molecule has 1 aliphatic carbocycles. The van der Waals surface area contributed by atoms with E-state index in [9.17, 15) is 4.79 Å². The van der Waals surface area contributed by atoms with Crippen molar-refractivity contribution >= 4 is 17.1 Å². The summed E-state index contributed by atoms with van der Waals surface area (Å²) in [4.78, 5) is 25.0. The summed E-state index contributed by atoms with van der Waals surface area (Å²) in [6.45, 7) is 12.5. The molecule has 0 N–H and O–H groups in total. The predicted octanol–water partition coefficient (Wildman–Crippen LogP) is 5.07. The Labute approximate surface area is 226 Å². The van der Waals surface area contributed by atoms with E-state index in [0.717, 1.165) is 68.3 Å². The Morgan fingerprint density at radius 2 is 1.76 bits per heavy atom. The first kappa shape index (κ1) is 25.4. The number of carbonyl (C=O) groups excluding carboxylic acids is 1. The third-order valence-electron chi connectivity index (χ3n) is 9.29. The molecule has 0 radical (unpaired) electrons. The van der Waals surface area contributed by atoms with E-state index < -0.39 is 0 Å². The zero-order valence-electron chi connectivity index (χ0n) is 23.2. The summed E-state index contributed by atoms with van der Waals surface area (Å²) in [6, 6.07) is 9.35. The summed E-state index contributed by atoms with van der Waals surface area (Å²) in [5.41, 5.74) is 5.70. The summed E-state index contributed by atoms with van der Waals surface area (Å²) in [6.07, 6.45) is 11.7. The van der Waals surface area contributed by atoms with Gasteiger partial charge in [-0.15, -0.1) is 0 Å². The molecule has 7 nitrogen and oxygen atoms in total. The Balaban J connectivity index is 1.13. The van der Waals surface area contributed by atoms with Crippen molar-refractivity contribution in [3.8, 4) is 11.3 Å². The van der Waals surface area contributed by atoms with Crippen LogP contribution >= 0.6 is 0 Å². The monoisotopic (exact) mass is 514 g/mol. The summed E-state index contributed by atoms with van der Waals surface area (Å²) >= 11 is 0. The number of aromatic nitrogens is 3. The number of anilines is 1. The maximum atomic E-state index is 13.1. The lowest BCUT2D eigenvalue weighted by Crippen LogP contribution is -2.50. The van der Waals surface area contributed by atoms with Gasteiger partial charge < -0.3 is 14.7 Å². The van der Waals surface area contributed by atoms with Crippen LogP contribution in [0, 0.1) is 11.8 Å². The molecule has 7 heteroatoms. The van der Waals surface area contributed by atoms with Gasteiger partial charge in [-0.05, 0) is 88.1 Å². The average molecular weight is 515 g/mol. The summed E-state index contributed by atoms with van der Waals surface area (Å²) in [5, 5.41) is 4.59. The second-order valence-electron chi connectivity index (χ2n) is 12.1. The van der Waals surface area contributed by atoms with Crippen molar-refractivity contribution in [3.63, 3.8) is 0 Å². The minimum atomic E-state index is 0.236. The lowest BCUT2D eigenvalue weighted by Gasteiger charge is -2.38. The molecule has 2 saturated heterocycles. The molecule has 0 unspecified atom stereocenters. The molecule has 3 aromatic heterocycles. The maximum Gasteiger partial charge on any atom is 0.225 e. The third kappa shape index (κ3) is 5.05. The van der Waals surface area contributed by atoms with Crippen molar-refractivity contribution in [2.75, 3.05) is 44.2 Å². The van der Waals surface area contributed by atoms with Gasteiger partial charge in [0.2, 0.25) is 5.91 Å². The lowest BCUT2D eigenvalue weighted by atomic mass is 9.82. The number of hydrogen-bond donors (Lipinski definition) is 0. The number of amides is 1. The first-order valence-corrected chi connectivity index (χ1v) is 14.7. The first-order valence-electron chi connectivity index (χ1n) is 14.7. The normalized spacial score (nSPS) is 25.0. The molecular formula is C31H42N6O. The van der Waals surface area contributed by atoms with E-state index in [0.29, 0.717) is 17.9 Å². The molecule has 202 valence electrons. The molecule has 3 fully saturated rings. The molecule has 3 aromatic rings. The number of fused-ring (bicyclic) bond motifs is 1. The van der Waals surface area contributed by atoms with Crippen LogP contribution in [0.2, 0.25) is 0 Å². The van der Waals surface area contributed by atoms with Crippen LogP contribution in [0.5, 0.6) is 0 Å². The van der Waals surface area contributed by atoms with Gasteiger partial charge >= 0.3 is 0 Å². The summed E-state index contributed by atoms with van der Waals surface area (Å²) < 4.78 is 1.97. The van der Waals surface area contributed by atoms with Crippen LogP contribution in [-0.4, -0.2) is 75.6 Å². The Kier molecular flexibility index (Phi) is 7.12. The van der Waals surface area contributed by atoms with Gasteiger partial charge in [-0.2, -0.15) is 5.10 Å². The minimum Gasteiger partial charge on any atom is -0.366 e. The van der Waals surface area contributed by atoms with Crippen molar-refractivity contribution in [2.45, 2.75) is 64.8 Å². The molecule has 1 atom stereocenters. The summed E-state index contributed by atoms with van der Waals surface area (Å²) in [7, 11) is 0. The quantitative estimate of drug-likeness (QED) is 0.476. The van der Waals surface area contributed by atoms with E-state index in [4.69, 9.17) is 4.98 Å². The second kappa shape index (κ2) is 10.7. The van der Waals surface area contributed by atoms with Crippen LogP contribution in [0.25, 0.3) is 16.8 Å². The van der Waals surface area contributed by atoms with Gasteiger partial charge in [-0.25, -0.2) is 4.52 Å². The van der Waals surface area contributed by atoms with Crippen LogP contribution in [0.15, 0.2) is 42.9 Å². The van der Waals surface area contributed by atoms with Crippen molar-refractivity contribution in [1.29, 1.82) is 0 Å². The highest BCUT2D eigenvalue weighted by molar-refractivity contribution is 5.81. The van der Waals surface area contributed by atoms with Gasteiger partial charge in [-0.1, -0.05) is 13.0 Å². The van der Waals surface area contributed by atoms with Crippen molar-refractivity contribution < 1.29 is 4.79 Å². The number of nitrogens with zero attached hydrogens (tertiary/aromatic N) is 6. The SMILES string of the molecule is CC1CCC(C(=O)N2CCN(c3ccnn4cc(-c5ccc([C@H]6CCN(C(C)C)C6)cn5)cc34)CC2)CC1. The average Bonchev–Trinajstić information content (AvgIpc) is 3.61. The summed E-state index contributed by atoms with van der Waals surface area (Å²) in [5.74, 6) is 1.96. The molecule has 1 amide bonds. The van der Waals surface area contributed by atoms with Crippen molar-refractivity contribution in [2.24, 2.45) is 11.8 Å². The highest BCUT2D eigenvalue weighted by atomic mass is 16.2. The topological polar surface area (TPSA) is 57.0 Å². The smallest absolute Gasteiger partial charge is 0.225 e. The van der Waals surface area contributed by atoms with Crippen LogP contribution in [0.1, 0.15) is 64.4 Å². The molecule has 2 aliphatic heterocycles. The van der Waals surface area contributed by atoms with Crippen LogP contribution in [0.3, 0.4) is 0 Å². The number of likely N-dealkylation sites (tertiary alicyclic amines) is 1. The zero-order valence-corrected chi connectivity index (χ0v) is 23.2. The van der Waals surface area contributed by atoms with E-state index >= 15 is 0 Å². The van der Waals surface area contributed by atoms with Gasteiger partial charge in [0.1, 0.15) is 0 Å². The van der Waals surface area contributed by atoms with Crippen LogP contribution < -0.4 is 4.90 Å². The van der Waals surface area contributed by atoms with Crippen LogP contribution in [0.4, 0.5) is 5.69 Å². The Bertz CT molecular complexity index is 1250. The van der Waals surface area contributed by atoms with Gasteiger partial charge in [0, 0.05) is 68.8 Å². The molecule has 5 heterocycles. The number of pyridine rings is 1. The molecular weight excluding hydrogens is 472 g/mol. The van der Waals surface area contributed by atoms with E-state index in [1.807, 2.05) is 10.7 Å². The molecule has 0 bridgehead atoms. The predicted molar refractivity (Wildman–Crippen MR) is 152 cm³/mol. The van der Waals surface area contributed by atoms with E-state index in [2.05, 4.69) is 77.2 Å². The number of hydrogen-bond acceptors (Lipinski definition) is 5. The molecule has 38 heavy (non-hydrogen) atoms. The van der Waals surface area contributed by atoms with Gasteiger partial charge in [0.15, 0.2) is 0 Å². The highest BCUT2D eigenvalue weighted by Gasteiger charge is 2.30. The van der Waals surface area contributed by atoms with Gasteiger partial charge in [0.05, 0.1) is 16.9 Å². The first-order chi connectivity index (χ1) is 18.5. The van der Waals surface area contributed by atoms with Crippen molar-refractivity contribution in [1.82, 2.24) is 24.4 Å². The van der Waals surface area contributed by atoms with Crippen molar-refractivity contribution in [3.05, 3.63) is 48.4 Å². The largest absolute Gasteiger partial charge is 0.366 e. The standard InChI is InChI=1S/C31H42N6O/c1-22(2)36-13-11-26(20-36)25-8-9-28(32-19-25)27-18-30-29(10-12-33-37(30)21-27)34-14-16-35(17-15-34)31(38)24-6-4-23(3)5-7-24/h8-10,12,18-19,21-24,26H,4-7,11,13-17,20H2,1-3H3/t23?,24?,26-/m0/s1. The molecule has 1 saturated carbocycles. The fourth-order valence-corrected chi connectivity index (χ4v) is 6.69. The molecule has 3 aliphatic rings. The minimum absolute atomic E-state index is 0.236. The zero-order chi connectivity index (χ0) is 26.2. The highest BCUT2D eigenvalue weighted by Crippen LogP contribution is 2.32.